The molecule has 6 heteroatoms. The first-order chi connectivity index (χ1) is 10.1. The van der Waals surface area contributed by atoms with E-state index in [0.29, 0.717) is 21.8 Å². The minimum Gasteiger partial charge on any atom is -0.477 e. The van der Waals surface area contributed by atoms with Crippen LogP contribution in [0.25, 0.3) is 10.9 Å². The molecular weight excluding hydrogens is 310 g/mol. The third kappa shape index (κ3) is 2.57. The van der Waals surface area contributed by atoms with Crippen molar-refractivity contribution in [3.05, 3.63) is 67.6 Å². The standard InChI is InChI=1S/C15H10ClNO3S/c16-13-6-5-9(21-13)7-17-8-11(15(19)20)14(18)10-3-1-2-4-12(10)17/h1-6,8H,7H2,(H,19,20). The lowest BCUT2D eigenvalue weighted by molar-refractivity contribution is 0.0695. The van der Waals surface area contributed by atoms with Crippen LogP contribution in [0, 0.1) is 0 Å². The highest BCUT2D eigenvalue weighted by atomic mass is 35.5. The van der Waals surface area contributed by atoms with Gasteiger partial charge in [0.05, 0.1) is 16.4 Å². The second-order valence-corrected chi connectivity index (χ2v) is 6.33. The van der Waals surface area contributed by atoms with Gasteiger partial charge in [0.25, 0.3) is 0 Å². The summed E-state index contributed by atoms with van der Waals surface area (Å²) >= 11 is 7.35. The fourth-order valence-electron chi connectivity index (χ4n) is 2.23. The van der Waals surface area contributed by atoms with Crippen molar-refractivity contribution in [3.8, 4) is 0 Å². The number of benzene rings is 1. The number of hydrogen-bond donors (Lipinski definition) is 1. The van der Waals surface area contributed by atoms with Crippen molar-refractivity contribution in [2.45, 2.75) is 6.54 Å². The quantitative estimate of drug-likeness (QED) is 0.804. The number of carboxylic acid groups (broad SMARTS) is 1. The number of hydrogen-bond acceptors (Lipinski definition) is 3. The first-order valence-electron chi connectivity index (χ1n) is 6.16. The zero-order valence-electron chi connectivity index (χ0n) is 10.7. The molecule has 1 N–H and O–H groups in total. The summed E-state index contributed by atoms with van der Waals surface area (Å²) in [5, 5.41) is 9.59. The molecule has 0 unspecified atom stereocenters. The van der Waals surface area contributed by atoms with Gasteiger partial charge < -0.3 is 9.67 Å². The molecule has 4 nitrogen and oxygen atoms in total. The average Bonchev–Trinajstić information content (AvgIpc) is 2.87. The van der Waals surface area contributed by atoms with E-state index in [1.165, 1.54) is 17.5 Å². The Bertz CT molecular complexity index is 897. The van der Waals surface area contributed by atoms with Gasteiger partial charge in [0.1, 0.15) is 5.56 Å². The summed E-state index contributed by atoms with van der Waals surface area (Å²) in [6, 6.07) is 10.7. The molecule has 3 rings (SSSR count). The minimum absolute atomic E-state index is 0.226. The molecule has 0 spiro atoms. The molecule has 0 fully saturated rings. The van der Waals surface area contributed by atoms with Crippen molar-refractivity contribution in [1.29, 1.82) is 0 Å². The Hall–Kier alpha value is -2.11. The highest BCUT2D eigenvalue weighted by molar-refractivity contribution is 7.16. The maximum atomic E-state index is 12.2. The molecule has 0 radical (unpaired) electrons. The zero-order valence-corrected chi connectivity index (χ0v) is 12.3. The van der Waals surface area contributed by atoms with Crippen LogP contribution in [-0.2, 0) is 6.54 Å². The number of thiophene rings is 1. The summed E-state index contributed by atoms with van der Waals surface area (Å²) in [7, 11) is 0. The molecule has 0 saturated carbocycles. The summed E-state index contributed by atoms with van der Waals surface area (Å²) < 4.78 is 2.44. The number of pyridine rings is 1. The lowest BCUT2D eigenvalue weighted by Crippen LogP contribution is -2.19. The Morgan fingerprint density at radius 1 is 1.24 bits per heavy atom. The Kier molecular flexibility index (Phi) is 3.53. The molecule has 0 bridgehead atoms. The summed E-state index contributed by atoms with van der Waals surface area (Å²) in [5.74, 6) is -1.22. The zero-order chi connectivity index (χ0) is 15.0. The molecular formula is C15H10ClNO3S. The van der Waals surface area contributed by atoms with Crippen molar-refractivity contribution in [2.24, 2.45) is 0 Å². The second-order valence-electron chi connectivity index (χ2n) is 4.53. The van der Waals surface area contributed by atoms with Crippen LogP contribution in [0.1, 0.15) is 15.2 Å². The van der Waals surface area contributed by atoms with Gasteiger partial charge in [-0.15, -0.1) is 11.3 Å². The van der Waals surface area contributed by atoms with E-state index in [0.717, 1.165) is 4.88 Å². The van der Waals surface area contributed by atoms with Gasteiger partial charge in [0.15, 0.2) is 0 Å². The lowest BCUT2D eigenvalue weighted by Gasteiger charge is -2.11. The minimum atomic E-state index is -1.22. The maximum absolute atomic E-state index is 12.2. The highest BCUT2D eigenvalue weighted by Crippen LogP contribution is 2.23. The van der Waals surface area contributed by atoms with Crippen LogP contribution in [0.4, 0.5) is 0 Å². The van der Waals surface area contributed by atoms with Crippen molar-refractivity contribution in [2.75, 3.05) is 0 Å². The van der Waals surface area contributed by atoms with Crippen LogP contribution >= 0.6 is 22.9 Å². The van der Waals surface area contributed by atoms with Gasteiger partial charge in [-0.25, -0.2) is 4.79 Å². The normalized spacial score (nSPS) is 10.9. The van der Waals surface area contributed by atoms with E-state index in [9.17, 15) is 14.7 Å². The van der Waals surface area contributed by atoms with Gasteiger partial charge in [0, 0.05) is 16.5 Å². The Morgan fingerprint density at radius 2 is 2.00 bits per heavy atom. The molecule has 1 aromatic carbocycles. The van der Waals surface area contributed by atoms with Gasteiger partial charge in [0.2, 0.25) is 5.43 Å². The number of rotatable bonds is 3. The van der Waals surface area contributed by atoms with Crippen molar-refractivity contribution in [3.63, 3.8) is 0 Å². The molecule has 0 amide bonds. The van der Waals surface area contributed by atoms with Crippen LogP contribution in [0.3, 0.4) is 0 Å². The van der Waals surface area contributed by atoms with Gasteiger partial charge in [-0.3, -0.25) is 4.79 Å². The number of halogens is 1. The van der Waals surface area contributed by atoms with Crippen LogP contribution in [0.2, 0.25) is 4.34 Å². The summed E-state index contributed by atoms with van der Waals surface area (Å²) in [5.41, 5.74) is 0.0203. The van der Waals surface area contributed by atoms with Crippen LogP contribution < -0.4 is 5.43 Å². The molecule has 2 heterocycles. The van der Waals surface area contributed by atoms with Gasteiger partial charge >= 0.3 is 5.97 Å². The van der Waals surface area contributed by atoms with Crippen LogP contribution in [0.5, 0.6) is 0 Å². The van der Waals surface area contributed by atoms with Crippen molar-refractivity contribution < 1.29 is 9.90 Å². The van der Waals surface area contributed by atoms with Crippen LogP contribution in [-0.4, -0.2) is 15.6 Å². The number of aromatic nitrogens is 1. The van der Waals surface area contributed by atoms with Crippen molar-refractivity contribution in [1.82, 2.24) is 4.57 Å². The molecule has 21 heavy (non-hydrogen) atoms. The van der Waals surface area contributed by atoms with Gasteiger partial charge in [-0.05, 0) is 24.3 Å². The van der Waals surface area contributed by atoms with E-state index >= 15 is 0 Å². The molecule has 106 valence electrons. The molecule has 0 atom stereocenters. The highest BCUT2D eigenvalue weighted by Gasteiger charge is 2.14. The Labute approximate surface area is 128 Å². The number of carbonyl (C=O) groups is 1. The number of para-hydroxylation sites is 1. The second kappa shape index (κ2) is 5.35. The molecule has 0 aliphatic carbocycles. The fourth-order valence-corrected chi connectivity index (χ4v) is 3.32. The molecule has 0 saturated heterocycles. The summed E-state index contributed by atoms with van der Waals surface area (Å²) in [6.07, 6.45) is 1.39. The van der Waals surface area contributed by atoms with E-state index in [1.54, 1.807) is 28.8 Å². The maximum Gasteiger partial charge on any atom is 0.341 e. The predicted octanol–water partition coefficient (Wildman–Crippen LogP) is 3.46. The third-order valence-corrected chi connectivity index (χ3v) is 4.39. The smallest absolute Gasteiger partial charge is 0.341 e. The van der Waals surface area contributed by atoms with Gasteiger partial charge in [-0.1, -0.05) is 23.7 Å². The average molecular weight is 320 g/mol. The van der Waals surface area contributed by atoms with E-state index < -0.39 is 11.4 Å². The van der Waals surface area contributed by atoms with E-state index in [4.69, 9.17) is 11.6 Å². The van der Waals surface area contributed by atoms with Crippen molar-refractivity contribution >= 4 is 39.8 Å². The van der Waals surface area contributed by atoms with E-state index in [1.807, 2.05) is 12.1 Å². The molecule has 0 aliphatic rings. The molecule has 0 aliphatic heterocycles. The summed E-state index contributed by atoms with van der Waals surface area (Å²) in [6.45, 7) is 0.471. The van der Waals surface area contributed by atoms with E-state index in [-0.39, 0.29) is 5.56 Å². The number of carboxylic acids is 1. The molecule has 3 aromatic rings. The Morgan fingerprint density at radius 3 is 2.67 bits per heavy atom. The topological polar surface area (TPSA) is 59.3 Å². The lowest BCUT2D eigenvalue weighted by atomic mass is 10.1. The largest absolute Gasteiger partial charge is 0.477 e. The van der Waals surface area contributed by atoms with Crippen LogP contribution in [0.15, 0.2) is 47.4 Å². The van der Waals surface area contributed by atoms with E-state index in [2.05, 4.69) is 0 Å². The SMILES string of the molecule is O=C(O)c1cn(Cc2ccc(Cl)s2)c2ccccc2c1=O. The fraction of sp³-hybridized carbons (Fsp3) is 0.0667. The molecule has 2 aromatic heterocycles. The number of fused-ring (bicyclic) bond motifs is 1. The van der Waals surface area contributed by atoms with Gasteiger partial charge in [-0.2, -0.15) is 0 Å². The third-order valence-electron chi connectivity index (χ3n) is 3.17. The first kappa shape index (κ1) is 13.9. The number of nitrogens with zero attached hydrogens (tertiary/aromatic N) is 1. The Balaban J connectivity index is 2.23. The predicted molar refractivity (Wildman–Crippen MR) is 83.6 cm³/mol. The first-order valence-corrected chi connectivity index (χ1v) is 7.35. The monoisotopic (exact) mass is 319 g/mol. The number of aromatic carboxylic acids is 1. The summed E-state index contributed by atoms with van der Waals surface area (Å²) in [4.78, 5) is 24.4.